The number of nitrogens with zero attached hydrogens (tertiary/aromatic N) is 2. The van der Waals surface area contributed by atoms with Crippen LogP contribution in [-0.4, -0.2) is 59.5 Å². The molecule has 3 atom stereocenters. The summed E-state index contributed by atoms with van der Waals surface area (Å²) in [5.41, 5.74) is 0. The number of amides is 1. The molecule has 1 heterocycles. The molecule has 0 aromatic rings. The van der Waals surface area contributed by atoms with Crippen molar-refractivity contribution in [3.63, 3.8) is 0 Å². The molecule has 5 heteroatoms. The lowest BCUT2D eigenvalue weighted by molar-refractivity contribution is -0.141. The van der Waals surface area contributed by atoms with E-state index < -0.39 is 5.97 Å². The molecule has 5 nitrogen and oxygen atoms in total. The normalized spacial score (nSPS) is 34.7. The Kier molecular flexibility index (Phi) is 3.48. The van der Waals surface area contributed by atoms with E-state index in [9.17, 15) is 9.59 Å². The number of rotatable bonds is 3. The third-order valence-electron chi connectivity index (χ3n) is 5.10. The first-order valence-corrected chi connectivity index (χ1v) is 7.36. The number of hydrogen-bond donors (Lipinski definition) is 1. The average molecular weight is 266 g/mol. The number of aliphatic carboxylic acids is 1. The second-order valence-electron chi connectivity index (χ2n) is 6.28. The molecule has 3 fully saturated rings. The molecule has 3 rings (SSSR count). The second kappa shape index (κ2) is 5.12. The van der Waals surface area contributed by atoms with Crippen LogP contribution in [0.15, 0.2) is 0 Å². The number of carboxylic acid groups (broad SMARTS) is 1. The number of carboxylic acids is 1. The predicted octanol–water partition coefficient (Wildman–Crippen LogP) is 0.651. The summed E-state index contributed by atoms with van der Waals surface area (Å²) in [6.07, 6.45) is 4.91. The highest BCUT2D eigenvalue weighted by atomic mass is 16.4. The number of piperazine rings is 1. The van der Waals surface area contributed by atoms with Crippen LogP contribution in [0.4, 0.5) is 0 Å². The van der Waals surface area contributed by atoms with Crippen LogP contribution < -0.4 is 0 Å². The molecule has 0 aromatic carbocycles. The Hall–Kier alpha value is -1.10. The number of fused-ring (bicyclic) bond motifs is 2. The van der Waals surface area contributed by atoms with Crippen molar-refractivity contribution in [2.24, 2.45) is 17.8 Å². The monoisotopic (exact) mass is 266 g/mol. The lowest BCUT2D eigenvalue weighted by Gasteiger charge is -2.36. The van der Waals surface area contributed by atoms with E-state index in [1.54, 1.807) is 0 Å². The van der Waals surface area contributed by atoms with Crippen molar-refractivity contribution >= 4 is 11.9 Å². The topological polar surface area (TPSA) is 60.9 Å². The van der Waals surface area contributed by atoms with E-state index in [1.165, 1.54) is 19.3 Å². The second-order valence-corrected chi connectivity index (χ2v) is 6.28. The van der Waals surface area contributed by atoms with Gasteiger partial charge in [0, 0.05) is 32.1 Å². The van der Waals surface area contributed by atoms with Crippen LogP contribution in [0, 0.1) is 17.8 Å². The summed E-state index contributed by atoms with van der Waals surface area (Å²) in [5, 5.41) is 8.76. The van der Waals surface area contributed by atoms with E-state index >= 15 is 0 Å². The molecule has 2 bridgehead atoms. The van der Waals surface area contributed by atoms with Crippen molar-refractivity contribution in [3.8, 4) is 0 Å². The Morgan fingerprint density at radius 3 is 2.32 bits per heavy atom. The number of carbonyl (C=O) groups excluding carboxylic acids is 1. The zero-order valence-electron chi connectivity index (χ0n) is 11.3. The molecule has 3 unspecified atom stereocenters. The molecular weight excluding hydrogens is 244 g/mol. The highest BCUT2D eigenvalue weighted by Gasteiger charge is 2.44. The minimum Gasteiger partial charge on any atom is -0.480 e. The molecule has 0 spiro atoms. The van der Waals surface area contributed by atoms with Gasteiger partial charge in [0.1, 0.15) is 0 Å². The van der Waals surface area contributed by atoms with Crippen LogP contribution in [0.1, 0.15) is 25.7 Å². The van der Waals surface area contributed by atoms with E-state index in [1.807, 2.05) is 9.80 Å². The molecule has 1 aliphatic heterocycles. The van der Waals surface area contributed by atoms with Crippen molar-refractivity contribution < 1.29 is 14.7 Å². The summed E-state index contributed by atoms with van der Waals surface area (Å²) in [4.78, 5) is 27.0. The van der Waals surface area contributed by atoms with Crippen LogP contribution in [0.25, 0.3) is 0 Å². The van der Waals surface area contributed by atoms with Gasteiger partial charge in [-0.1, -0.05) is 6.42 Å². The van der Waals surface area contributed by atoms with E-state index in [4.69, 9.17) is 5.11 Å². The van der Waals surface area contributed by atoms with Crippen molar-refractivity contribution in [3.05, 3.63) is 0 Å². The van der Waals surface area contributed by atoms with Crippen molar-refractivity contribution in [2.45, 2.75) is 25.7 Å². The lowest BCUT2D eigenvalue weighted by Crippen LogP contribution is -2.51. The van der Waals surface area contributed by atoms with Gasteiger partial charge in [-0.05, 0) is 31.1 Å². The number of hydrogen-bond acceptors (Lipinski definition) is 3. The summed E-state index contributed by atoms with van der Waals surface area (Å²) in [7, 11) is 0. The maximum atomic E-state index is 12.5. The van der Waals surface area contributed by atoms with E-state index in [0.717, 1.165) is 12.3 Å². The van der Waals surface area contributed by atoms with Crippen molar-refractivity contribution in [1.82, 2.24) is 9.80 Å². The fraction of sp³-hybridized carbons (Fsp3) is 0.857. The summed E-state index contributed by atoms with van der Waals surface area (Å²) in [6.45, 7) is 2.87. The Morgan fingerprint density at radius 2 is 1.79 bits per heavy atom. The number of carbonyl (C=O) groups is 2. The lowest BCUT2D eigenvalue weighted by atomic mass is 9.87. The van der Waals surface area contributed by atoms with Gasteiger partial charge in [0.15, 0.2) is 0 Å². The minimum absolute atomic E-state index is 0.0934. The molecular formula is C14H22N2O3. The maximum absolute atomic E-state index is 12.5. The molecule has 106 valence electrons. The first kappa shape index (κ1) is 12.9. The van der Waals surface area contributed by atoms with Crippen LogP contribution in [0.5, 0.6) is 0 Å². The average Bonchev–Trinajstić information content (AvgIpc) is 3.00. The van der Waals surface area contributed by atoms with Crippen LogP contribution in [0.2, 0.25) is 0 Å². The fourth-order valence-electron chi connectivity index (χ4n) is 4.10. The zero-order chi connectivity index (χ0) is 13.4. The standard InChI is InChI=1S/C14H22N2O3/c17-13(18)9-15-3-5-16(6-4-15)14(19)12-8-10-1-2-11(12)7-10/h10-12H,1-9H2,(H,17,18). The van der Waals surface area contributed by atoms with Crippen molar-refractivity contribution in [2.75, 3.05) is 32.7 Å². The third-order valence-corrected chi connectivity index (χ3v) is 5.10. The SMILES string of the molecule is O=C(O)CN1CCN(C(=O)C2CC3CCC2C3)CC1. The first-order chi connectivity index (χ1) is 9.13. The molecule has 0 radical (unpaired) electrons. The highest BCUT2D eigenvalue weighted by molar-refractivity contribution is 5.80. The Morgan fingerprint density at radius 1 is 1.05 bits per heavy atom. The molecule has 2 aliphatic carbocycles. The summed E-state index contributed by atoms with van der Waals surface area (Å²) >= 11 is 0. The molecule has 0 aromatic heterocycles. The summed E-state index contributed by atoms with van der Waals surface area (Å²) < 4.78 is 0. The van der Waals surface area contributed by atoms with Gasteiger partial charge in [0.25, 0.3) is 0 Å². The van der Waals surface area contributed by atoms with Gasteiger partial charge in [0.05, 0.1) is 6.54 Å². The molecule has 19 heavy (non-hydrogen) atoms. The largest absolute Gasteiger partial charge is 0.480 e. The van der Waals surface area contributed by atoms with Gasteiger partial charge >= 0.3 is 5.97 Å². The van der Waals surface area contributed by atoms with Crippen LogP contribution >= 0.6 is 0 Å². The molecule has 1 N–H and O–H groups in total. The van der Waals surface area contributed by atoms with Gasteiger partial charge in [0.2, 0.25) is 5.91 Å². The van der Waals surface area contributed by atoms with Gasteiger partial charge in [-0.25, -0.2) is 0 Å². The van der Waals surface area contributed by atoms with Gasteiger partial charge in [-0.15, -0.1) is 0 Å². The fourth-order valence-corrected chi connectivity index (χ4v) is 4.10. The molecule has 3 aliphatic rings. The van der Waals surface area contributed by atoms with E-state index in [0.29, 0.717) is 38.0 Å². The maximum Gasteiger partial charge on any atom is 0.317 e. The van der Waals surface area contributed by atoms with Gasteiger partial charge < -0.3 is 10.0 Å². The Labute approximate surface area is 113 Å². The van der Waals surface area contributed by atoms with Crippen LogP contribution in [-0.2, 0) is 9.59 Å². The first-order valence-electron chi connectivity index (χ1n) is 7.36. The highest BCUT2D eigenvalue weighted by Crippen LogP contribution is 2.48. The Bertz CT molecular complexity index is 377. The molecule has 1 saturated heterocycles. The molecule has 2 saturated carbocycles. The van der Waals surface area contributed by atoms with Gasteiger partial charge in [-0.2, -0.15) is 0 Å². The zero-order valence-corrected chi connectivity index (χ0v) is 11.3. The third kappa shape index (κ3) is 2.61. The van der Waals surface area contributed by atoms with Crippen LogP contribution in [0.3, 0.4) is 0 Å². The quantitative estimate of drug-likeness (QED) is 0.815. The summed E-state index contributed by atoms with van der Waals surface area (Å²) in [6, 6.07) is 0. The predicted molar refractivity (Wildman–Crippen MR) is 69.6 cm³/mol. The smallest absolute Gasteiger partial charge is 0.317 e. The van der Waals surface area contributed by atoms with E-state index in [2.05, 4.69) is 0 Å². The van der Waals surface area contributed by atoms with Crippen molar-refractivity contribution in [1.29, 1.82) is 0 Å². The van der Waals surface area contributed by atoms with E-state index in [-0.39, 0.29) is 12.5 Å². The minimum atomic E-state index is -0.784. The van der Waals surface area contributed by atoms with Gasteiger partial charge in [-0.3, -0.25) is 14.5 Å². The Balaban J connectivity index is 1.51. The molecule has 1 amide bonds. The summed E-state index contributed by atoms with van der Waals surface area (Å²) in [5.74, 6) is 1.25.